The van der Waals surface area contributed by atoms with E-state index in [9.17, 15) is 8.78 Å². The second-order valence-corrected chi connectivity index (χ2v) is 8.20. The number of ether oxygens (including phenoxy) is 2. The van der Waals surface area contributed by atoms with Crippen molar-refractivity contribution in [3.05, 3.63) is 59.2 Å². The number of amidine groups is 2. The monoisotopic (exact) mass is 510 g/mol. The van der Waals surface area contributed by atoms with E-state index in [4.69, 9.17) is 31.8 Å². The topological polar surface area (TPSA) is 125 Å². The van der Waals surface area contributed by atoms with Gasteiger partial charge in [0.25, 0.3) is 0 Å². The highest BCUT2D eigenvalue weighted by molar-refractivity contribution is 5.95. The SMILES string of the molecule is Cl.N=C(N)c1ccc(OCCCN2CCN(CCCOc3ccc(C(=N)N)c(F)c3)CC2)cc1F. The molecule has 0 spiro atoms. The van der Waals surface area contributed by atoms with Crippen molar-refractivity contribution in [3.63, 3.8) is 0 Å². The van der Waals surface area contributed by atoms with Gasteiger partial charge < -0.3 is 30.7 Å². The highest BCUT2D eigenvalue weighted by Crippen LogP contribution is 2.18. The van der Waals surface area contributed by atoms with E-state index in [0.717, 1.165) is 52.1 Å². The molecule has 0 unspecified atom stereocenters. The standard InChI is InChI=1S/C24H32F2N6O2.ClH/c25-21-15-17(3-5-19(21)23(27)28)33-13-1-7-31-9-11-32(12-10-31)8-2-14-34-18-4-6-20(24(29)30)22(26)16-18;/h3-6,15-16H,1-2,7-14H2,(H3,27,28)(H3,29,30);1H. The Kier molecular flexibility index (Phi) is 11.2. The average molecular weight is 511 g/mol. The van der Waals surface area contributed by atoms with Gasteiger partial charge in [-0.05, 0) is 37.1 Å². The van der Waals surface area contributed by atoms with Crippen LogP contribution in [0.3, 0.4) is 0 Å². The smallest absolute Gasteiger partial charge is 0.137 e. The predicted molar refractivity (Wildman–Crippen MR) is 135 cm³/mol. The van der Waals surface area contributed by atoms with Crippen LogP contribution in [0.1, 0.15) is 24.0 Å². The summed E-state index contributed by atoms with van der Waals surface area (Å²) in [6.07, 6.45) is 1.67. The molecule has 1 saturated heterocycles. The zero-order valence-electron chi connectivity index (χ0n) is 19.6. The maximum absolute atomic E-state index is 13.8. The summed E-state index contributed by atoms with van der Waals surface area (Å²) in [4.78, 5) is 4.77. The van der Waals surface area contributed by atoms with Gasteiger partial charge >= 0.3 is 0 Å². The van der Waals surface area contributed by atoms with Gasteiger partial charge in [-0.25, -0.2) is 8.78 Å². The van der Waals surface area contributed by atoms with Crippen LogP contribution in [-0.4, -0.2) is 74.0 Å². The number of piperazine rings is 1. The van der Waals surface area contributed by atoms with Crippen molar-refractivity contribution >= 4 is 24.1 Å². The third kappa shape index (κ3) is 8.65. The number of nitrogens with one attached hydrogen (secondary N) is 2. The number of hydrogen-bond acceptors (Lipinski definition) is 6. The molecule has 0 atom stereocenters. The summed E-state index contributed by atoms with van der Waals surface area (Å²) in [5.74, 6) is -0.827. The Hall–Kier alpha value is -2.95. The molecule has 1 aliphatic rings. The Balaban J connectivity index is 0.00000432. The number of rotatable bonds is 12. The Labute approximate surface area is 210 Å². The first kappa shape index (κ1) is 28.3. The fraction of sp³-hybridized carbons (Fsp3) is 0.417. The van der Waals surface area contributed by atoms with Crippen molar-refractivity contribution < 1.29 is 18.3 Å². The van der Waals surface area contributed by atoms with Crippen LogP contribution in [0, 0.1) is 22.5 Å². The number of hydrogen-bond donors (Lipinski definition) is 4. The molecule has 192 valence electrons. The van der Waals surface area contributed by atoms with Gasteiger partial charge in [-0.15, -0.1) is 12.4 Å². The van der Waals surface area contributed by atoms with Gasteiger partial charge in [0, 0.05) is 51.4 Å². The van der Waals surface area contributed by atoms with Crippen LogP contribution in [0.25, 0.3) is 0 Å². The van der Waals surface area contributed by atoms with Gasteiger partial charge in [0.15, 0.2) is 0 Å². The fourth-order valence-corrected chi connectivity index (χ4v) is 3.80. The highest BCUT2D eigenvalue weighted by atomic mass is 35.5. The third-order valence-electron chi connectivity index (χ3n) is 5.70. The predicted octanol–water partition coefficient (Wildman–Crippen LogP) is 2.81. The molecule has 35 heavy (non-hydrogen) atoms. The molecule has 3 rings (SSSR count). The molecule has 1 heterocycles. The summed E-state index contributed by atoms with van der Waals surface area (Å²) in [5.41, 5.74) is 10.8. The van der Waals surface area contributed by atoms with Crippen LogP contribution in [0.5, 0.6) is 11.5 Å². The number of nitrogens with zero attached hydrogens (tertiary/aromatic N) is 2. The van der Waals surface area contributed by atoms with Crippen molar-refractivity contribution in [1.29, 1.82) is 10.8 Å². The first-order valence-corrected chi connectivity index (χ1v) is 11.3. The van der Waals surface area contributed by atoms with Crippen LogP contribution in [0.2, 0.25) is 0 Å². The second kappa shape index (κ2) is 13.8. The van der Waals surface area contributed by atoms with Crippen LogP contribution < -0.4 is 20.9 Å². The maximum Gasteiger partial charge on any atom is 0.137 e. The molecule has 0 radical (unpaired) electrons. The highest BCUT2D eigenvalue weighted by Gasteiger charge is 2.16. The minimum Gasteiger partial charge on any atom is -0.493 e. The number of nitrogens with two attached hydrogens (primary N) is 2. The Bertz CT molecular complexity index is 922. The second-order valence-electron chi connectivity index (χ2n) is 8.20. The third-order valence-corrected chi connectivity index (χ3v) is 5.70. The van der Waals surface area contributed by atoms with Crippen LogP contribution >= 0.6 is 12.4 Å². The Morgan fingerprint density at radius 1 is 0.743 bits per heavy atom. The zero-order chi connectivity index (χ0) is 24.5. The van der Waals surface area contributed by atoms with Crippen molar-refractivity contribution in [2.75, 3.05) is 52.5 Å². The summed E-state index contributed by atoms with van der Waals surface area (Å²) in [6, 6.07) is 8.69. The lowest BCUT2D eigenvalue weighted by molar-refractivity contribution is 0.120. The fourth-order valence-electron chi connectivity index (χ4n) is 3.80. The van der Waals surface area contributed by atoms with E-state index in [2.05, 4.69) is 9.80 Å². The van der Waals surface area contributed by atoms with E-state index in [0.29, 0.717) is 24.7 Å². The van der Waals surface area contributed by atoms with Crippen molar-refractivity contribution in [2.45, 2.75) is 12.8 Å². The summed E-state index contributed by atoms with van der Waals surface area (Å²) < 4.78 is 38.9. The van der Waals surface area contributed by atoms with E-state index in [1.807, 2.05) is 0 Å². The normalized spacial score (nSPS) is 14.2. The van der Waals surface area contributed by atoms with Crippen molar-refractivity contribution in [2.24, 2.45) is 11.5 Å². The van der Waals surface area contributed by atoms with Gasteiger partial charge in [0.2, 0.25) is 0 Å². The molecule has 11 heteroatoms. The van der Waals surface area contributed by atoms with Gasteiger partial charge in [-0.2, -0.15) is 0 Å². The summed E-state index contributed by atoms with van der Waals surface area (Å²) >= 11 is 0. The van der Waals surface area contributed by atoms with E-state index in [1.54, 1.807) is 12.1 Å². The molecular weight excluding hydrogens is 478 g/mol. The molecule has 0 amide bonds. The van der Waals surface area contributed by atoms with E-state index >= 15 is 0 Å². The molecule has 1 fully saturated rings. The lowest BCUT2D eigenvalue weighted by atomic mass is 10.2. The number of nitrogen functional groups attached to an aromatic ring is 2. The minimum absolute atomic E-state index is 0. The minimum atomic E-state index is -0.551. The number of halogens is 3. The zero-order valence-corrected chi connectivity index (χ0v) is 20.4. The molecule has 0 bridgehead atoms. The molecule has 0 aliphatic carbocycles. The molecule has 2 aromatic carbocycles. The first-order valence-electron chi connectivity index (χ1n) is 11.3. The van der Waals surface area contributed by atoms with Crippen molar-refractivity contribution in [1.82, 2.24) is 9.80 Å². The van der Waals surface area contributed by atoms with Crippen LogP contribution in [0.4, 0.5) is 8.78 Å². The van der Waals surface area contributed by atoms with Gasteiger partial charge in [0.05, 0.1) is 24.3 Å². The Morgan fingerprint density at radius 3 is 1.43 bits per heavy atom. The van der Waals surface area contributed by atoms with Gasteiger partial charge in [-0.3, -0.25) is 10.8 Å². The van der Waals surface area contributed by atoms with Crippen molar-refractivity contribution in [3.8, 4) is 11.5 Å². The summed E-state index contributed by atoms with van der Waals surface area (Å²) in [6.45, 7) is 6.69. The maximum atomic E-state index is 13.8. The quantitative estimate of drug-likeness (QED) is 0.198. The molecule has 1 aliphatic heterocycles. The van der Waals surface area contributed by atoms with Crippen LogP contribution in [0.15, 0.2) is 36.4 Å². The largest absolute Gasteiger partial charge is 0.493 e. The van der Waals surface area contributed by atoms with E-state index in [1.165, 1.54) is 24.3 Å². The molecule has 2 aromatic rings. The first-order chi connectivity index (χ1) is 16.3. The molecule has 6 N–H and O–H groups in total. The Morgan fingerprint density at radius 2 is 1.11 bits per heavy atom. The lowest BCUT2D eigenvalue weighted by Gasteiger charge is -2.34. The van der Waals surface area contributed by atoms with Crippen LogP contribution in [-0.2, 0) is 0 Å². The van der Waals surface area contributed by atoms with E-state index in [-0.39, 0.29) is 35.2 Å². The molecule has 8 nitrogen and oxygen atoms in total. The summed E-state index contributed by atoms with van der Waals surface area (Å²) in [7, 11) is 0. The average Bonchev–Trinajstić information content (AvgIpc) is 2.80. The number of benzene rings is 2. The lowest BCUT2D eigenvalue weighted by Crippen LogP contribution is -2.47. The van der Waals surface area contributed by atoms with E-state index < -0.39 is 11.6 Å². The van der Waals surface area contributed by atoms with Gasteiger partial charge in [-0.1, -0.05) is 0 Å². The molecule has 0 aromatic heterocycles. The molecule has 0 saturated carbocycles. The van der Waals surface area contributed by atoms with Gasteiger partial charge in [0.1, 0.15) is 34.8 Å². The molecular formula is C24H33ClF2N6O2. The summed E-state index contributed by atoms with van der Waals surface area (Å²) in [5, 5.41) is 14.6.